The normalized spacial score (nSPS) is 35.5. The second-order valence-electron chi connectivity index (χ2n) is 8.46. The largest absolute Gasteiger partial charge is 0.458 e. The second-order valence-corrected chi connectivity index (χ2v) is 8.46. The summed E-state index contributed by atoms with van der Waals surface area (Å²) in [5.41, 5.74) is -2.02. The van der Waals surface area contributed by atoms with Crippen molar-refractivity contribution in [2.24, 2.45) is 11.8 Å². The van der Waals surface area contributed by atoms with Gasteiger partial charge in [-0.05, 0) is 33.3 Å². The molecule has 0 aromatic carbocycles. The third-order valence-electron chi connectivity index (χ3n) is 5.63. The Kier molecular flexibility index (Phi) is 10.1. The Balaban J connectivity index is 3.13. The number of hydrogen-bond acceptors (Lipinski definition) is 9. The van der Waals surface area contributed by atoms with Gasteiger partial charge in [0.2, 0.25) is 0 Å². The van der Waals surface area contributed by atoms with Crippen LogP contribution in [-0.4, -0.2) is 69.3 Å². The van der Waals surface area contributed by atoms with Crippen LogP contribution in [0.3, 0.4) is 0 Å². The molecule has 178 valence electrons. The van der Waals surface area contributed by atoms with Gasteiger partial charge in [0.1, 0.15) is 23.9 Å². The molecule has 3 N–H and O–H groups in total. The number of aliphatic hydroxyl groups excluding tert-OH is 2. The van der Waals surface area contributed by atoms with E-state index in [1.54, 1.807) is 0 Å². The SMILES string of the molecule is CCCC[C@@H](O)/C=C/C(=O)O[C@@H]1[C@@H](C)[C@H](O)[C@@](C)(O)[C@H](OC(C)=O)[C@H](C)C(=O)O[C@H]1C. The van der Waals surface area contributed by atoms with Crippen LogP contribution < -0.4 is 0 Å². The van der Waals surface area contributed by atoms with Gasteiger partial charge in [0, 0.05) is 18.9 Å². The van der Waals surface area contributed by atoms with Crippen molar-refractivity contribution in [2.75, 3.05) is 0 Å². The molecular formula is C22H36O9. The first-order chi connectivity index (χ1) is 14.3. The van der Waals surface area contributed by atoms with E-state index in [1.165, 1.54) is 33.8 Å². The minimum absolute atomic E-state index is 0.505. The van der Waals surface area contributed by atoms with Crippen molar-refractivity contribution in [3.8, 4) is 0 Å². The molecule has 0 saturated carbocycles. The molecule has 1 saturated heterocycles. The van der Waals surface area contributed by atoms with E-state index in [0.717, 1.165) is 25.8 Å². The first-order valence-corrected chi connectivity index (χ1v) is 10.7. The van der Waals surface area contributed by atoms with Crippen molar-refractivity contribution in [3.05, 3.63) is 12.2 Å². The third kappa shape index (κ3) is 7.29. The highest BCUT2D eigenvalue weighted by molar-refractivity contribution is 5.82. The van der Waals surface area contributed by atoms with Crippen molar-refractivity contribution in [2.45, 2.75) is 96.9 Å². The number of rotatable bonds is 7. The zero-order valence-electron chi connectivity index (χ0n) is 19.1. The topological polar surface area (TPSA) is 140 Å². The third-order valence-corrected chi connectivity index (χ3v) is 5.63. The summed E-state index contributed by atoms with van der Waals surface area (Å²) in [6.07, 6.45) is -1.12. The molecule has 31 heavy (non-hydrogen) atoms. The van der Waals surface area contributed by atoms with Gasteiger partial charge in [-0.3, -0.25) is 9.59 Å². The molecule has 1 aliphatic heterocycles. The average Bonchev–Trinajstić information content (AvgIpc) is 2.71. The van der Waals surface area contributed by atoms with Crippen molar-refractivity contribution in [1.29, 1.82) is 0 Å². The first-order valence-electron chi connectivity index (χ1n) is 10.7. The van der Waals surface area contributed by atoms with Crippen molar-refractivity contribution >= 4 is 17.9 Å². The molecule has 0 radical (unpaired) electrons. The molecule has 8 atom stereocenters. The fourth-order valence-corrected chi connectivity index (χ4v) is 3.77. The molecule has 9 nitrogen and oxygen atoms in total. The minimum Gasteiger partial charge on any atom is -0.458 e. The van der Waals surface area contributed by atoms with Crippen LogP contribution in [0, 0.1) is 11.8 Å². The molecule has 0 aliphatic carbocycles. The number of esters is 3. The lowest BCUT2D eigenvalue weighted by Gasteiger charge is -2.40. The van der Waals surface area contributed by atoms with Gasteiger partial charge in [0.15, 0.2) is 0 Å². The van der Waals surface area contributed by atoms with Crippen molar-refractivity contribution in [3.63, 3.8) is 0 Å². The summed E-state index contributed by atoms with van der Waals surface area (Å²) in [6, 6.07) is 0. The van der Waals surface area contributed by atoms with E-state index in [2.05, 4.69) is 0 Å². The van der Waals surface area contributed by atoms with E-state index < -0.39 is 65.9 Å². The minimum atomic E-state index is -2.02. The molecule has 0 amide bonds. The van der Waals surface area contributed by atoms with Gasteiger partial charge in [0.25, 0.3) is 0 Å². The van der Waals surface area contributed by atoms with Crippen LogP contribution in [0.4, 0.5) is 0 Å². The number of ether oxygens (including phenoxy) is 3. The Hall–Kier alpha value is -1.97. The van der Waals surface area contributed by atoms with E-state index in [-0.39, 0.29) is 0 Å². The Labute approximate surface area is 183 Å². The van der Waals surface area contributed by atoms with Crippen LogP contribution in [0.1, 0.15) is 60.8 Å². The molecule has 0 aromatic heterocycles. The van der Waals surface area contributed by atoms with E-state index in [4.69, 9.17) is 14.2 Å². The zero-order chi connectivity index (χ0) is 23.9. The Bertz CT molecular complexity index is 657. The van der Waals surface area contributed by atoms with Crippen LogP contribution in [-0.2, 0) is 28.6 Å². The van der Waals surface area contributed by atoms with E-state index >= 15 is 0 Å². The van der Waals surface area contributed by atoms with E-state index in [1.807, 2.05) is 6.92 Å². The molecular weight excluding hydrogens is 408 g/mol. The predicted molar refractivity (Wildman–Crippen MR) is 111 cm³/mol. The smallest absolute Gasteiger partial charge is 0.330 e. The quantitative estimate of drug-likeness (QED) is 0.301. The van der Waals surface area contributed by atoms with E-state index in [9.17, 15) is 29.7 Å². The summed E-state index contributed by atoms with van der Waals surface area (Å²) in [5, 5.41) is 31.8. The van der Waals surface area contributed by atoms with Gasteiger partial charge in [-0.25, -0.2) is 4.79 Å². The maximum atomic E-state index is 12.6. The monoisotopic (exact) mass is 444 g/mol. The summed E-state index contributed by atoms with van der Waals surface area (Å²) < 4.78 is 16.0. The van der Waals surface area contributed by atoms with E-state index in [0.29, 0.717) is 6.42 Å². The summed E-state index contributed by atoms with van der Waals surface area (Å²) in [4.78, 5) is 36.4. The Morgan fingerprint density at radius 2 is 1.87 bits per heavy atom. The van der Waals surface area contributed by atoms with Gasteiger partial charge in [-0.1, -0.05) is 26.7 Å². The number of hydrogen-bond donors (Lipinski definition) is 3. The number of aliphatic hydroxyl groups is 3. The first kappa shape index (κ1) is 27.1. The number of unbranched alkanes of at least 4 members (excludes halogenated alkanes) is 1. The molecule has 0 spiro atoms. The molecule has 1 fully saturated rings. The lowest BCUT2D eigenvalue weighted by atomic mass is 9.78. The van der Waals surface area contributed by atoms with Crippen LogP contribution in [0.25, 0.3) is 0 Å². The fourth-order valence-electron chi connectivity index (χ4n) is 3.77. The van der Waals surface area contributed by atoms with Crippen LogP contribution >= 0.6 is 0 Å². The number of carbonyl (C=O) groups excluding carboxylic acids is 3. The van der Waals surface area contributed by atoms with Gasteiger partial charge in [-0.15, -0.1) is 0 Å². The standard InChI is InChI=1S/C22H36O9/c1-7-8-9-16(24)10-11-17(25)31-18-12(2)19(26)22(6,28)20(30-15(5)23)13(3)21(27)29-14(18)4/h10-14,16,18-20,24,26,28H,7-9H2,1-6H3/b11-10+/t12-,13+,14+,16-,18-,19+,20-,22-/m1/s1. The van der Waals surface area contributed by atoms with Crippen molar-refractivity contribution in [1.82, 2.24) is 0 Å². The molecule has 0 bridgehead atoms. The number of cyclic esters (lactones) is 1. The molecule has 1 heterocycles. The summed E-state index contributed by atoms with van der Waals surface area (Å²) in [7, 11) is 0. The average molecular weight is 445 g/mol. The highest BCUT2D eigenvalue weighted by Gasteiger charge is 2.52. The summed E-state index contributed by atoms with van der Waals surface area (Å²) in [5.74, 6) is -4.25. The Morgan fingerprint density at radius 1 is 1.26 bits per heavy atom. The van der Waals surface area contributed by atoms with Crippen LogP contribution in [0.15, 0.2) is 12.2 Å². The summed E-state index contributed by atoms with van der Waals surface area (Å²) >= 11 is 0. The molecule has 9 heteroatoms. The maximum absolute atomic E-state index is 12.6. The predicted octanol–water partition coefficient (Wildman–Crippen LogP) is 1.27. The Morgan fingerprint density at radius 3 is 2.42 bits per heavy atom. The molecule has 1 aliphatic rings. The molecule has 1 rings (SSSR count). The van der Waals surface area contributed by atoms with Gasteiger partial charge in [-0.2, -0.15) is 0 Å². The molecule has 0 unspecified atom stereocenters. The fraction of sp³-hybridized carbons (Fsp3) is 0.773. The lowest BCUT2D eigenvalue weighted by molar-refractivity contribution is -0.198. The zero-order valence-corrected chi connectivity index (χ0v) is 19.1. The van der Waals surface area contributed by atoms with Crippen LogP contribution in [0.2, 0.25) is 0 Å². The highest BCUT2D eigenvalue weighted by Crippen LogP contribution is 2.34. The summed E-state index contributed by atoms with van der Waals surface area (Å²) in [6.45, 7) is 8.82. The van der Waals surface area contributed by atoms with Gasteiger partial charge < -0.3 is 29.5 Å². The highest BCUT2D eigenvalue weighted by atomic mass is 16.6. The van der Waals surface area contributed by atoms with Gasteiger partial charge in [0.05, 0.1) is 18.1 Å². The van der Waals surface area contributed by atoms with Crippen LogP contribution in [0.5, 0.6) is 0 Å². The maximum Gasteiger partial charge on any atom is 0.330 e. The number of carbonyl (C=O) groups is 3. The lowest BCUT2D eigenvalue weighted by Crippen LogP contribution is -2.58. The molecule has 0 aromatic rings. The van der Waals surface area contributed by atoms with Gasteiger partial charge >= 0.3 is 17.9 Å². The van der Waals surface area contributed by atoms with Crippen molar-refractivity contribution < 1.29 is 43.9 Å². The second kappa shape index (κ2) is 11.6.